The minimum absolute atomic E-state index is 0.285. The lowest BCUT2D eigenvalue weighted by Crippen LogP contribution is -1.96. The molecule has 1 aromatic rings. The van der Waals surface area contributed by atoms with Crippen LogP contribution in [0.3, 0.4) is 0 Å². The third-order valence-corrected chi connectivity index (χ3v) is 1.20. The summed E-state index contributed by atoms with van der Waals surface area (Å²) in [5.74, 6) is 0.798. The lowest BCUT2D eigenvalue weighted by molar-refractivity contribution is 0.224. The Morgan fingerprint density at radius 3 is 3.18 bits per heavy atom. The summed E-state index contributed by atoms with van der Waals surface area (Å²) in [6.07, 6.45) is 1.92. The van der Waals surface area contributed by atoms with Crippen molar-refractivity contribution >= 4 is 17.0 Å². The van der Waals surface area contributed by atoms with Gasteiger partial charge in [0.05, 0.1) is 0 Å². The maximum absolute atomic E-state index is 10.3. The molecule has 0 unspecified atom stereocenters. The molecule has 0 saturated carbocycles. The molecule has 5 heteroatoms. The number of hydrogen-bond acceptors (Lipinski definition) is 4. The summed E-state index contributed by atoms with van der Waals surface area (Å²) in [5, 5.41) is 3.44. The molecule has 0 amide bonds. The average molecular weight is 176 g/mol. The van der Waals surface area contributed by atoms with E-state index in [4.69, 9.17) is 16.1 Å². The topological polar surface area (TPSA) is 52.3 Å². The van der Waals surface area contributed by atoms with E-state index in [0.29, 0.717) is 12.2 Å². The molecule has 0 atom stereocenters. The van der Waals surface area contributed by atoms with Gasteiger partial charge in [0.1, 0.15) is 6.20 Å². The smallest absolute Gasteiger partial charge is 0.409 e. The van der Waals surface area contributed by atoms with Crippen LogP contribution in [0.25, 0.3) is 0 Å². The molecule has 0 fully saturated rings. The van der Waals surface area contributed by atoms with E-state index in [1.165, 1.54) is 6.20 Å². The number of carbonyl (C=O) groups is 1. The van der Waals surface area contributed by atoms with Crippen molar-refractivity contribution in [3.63, 3.8) is 0 Å². The number of nitrogens with zero attached hydrogens (tertiary/aromatic N) is 1. The Kier molecular flexibility index (Phi) is 2.48. The third kappa shape index (κ3) is 1.94. The van der Waals surface area contributed by atoms with Crippen LogP contribution in [-0.2, 0) is 6.42 Å². The monoisotopic (exact) mass is 175 g/mol. The molecular formula is C6H6ClNO3. The van der Waals surface area contributed by atoms with Crippen molar-refractivity contribution in [2.45, 2.75) is 13.3 Å². The molecule has 0 aliphatic rings. The summed E-state index contributed by atoms with van der Waals surface area (Å²) < 4.78 is 9.28. The first kappa shape index (κ1) is 8.07. The maximum atomic E-state index is 10.3. The number of hydrogen-bond donors (Lipinski definition) is 0. The Bertz CT molecular complexity index is 258. The fraction of sp³-hybridized carbons (Fsp3) is 0.333. The van der Waals surface area contributed by atoms with Crippen molar-refractivity contribution in [3.05, 3.63) is 12.0 Å². The van der Waals surface area contributed by atoms with Gasteiger partial charge in [-0.25, -0.2) is 4.79 Å². The van der Waals surface area contributed by atoms with Crippen molar-refractivity contribution < 1.29 is 14.1 Å². The molecule has 0 aromatic carbocycles. The zero-order chi connectivity index (χ0) is 8.27. The number of halogens is 1. The van der Waals surface area contributed by atoms with E-state index in [1.807, 2.05) is 6.92 Å². The molecule has 0 spiro atoms. The van der Waals surface area contributed by atoms with Crippen molar-refractivity contribution in [1.82, 2.24) is 5.16 Å². The summed E-state index contributed by atoms with van der Waals surface area (Å²) in [5.41, 5.74) is -0.886. The van der Waals surface area contributed by atoms with E-state index in [0.717, 1.165) is 0 Å². The highest BCUT2D eigenvalue weighted by Crippen LogP contribution is 2.18. The van der Waals surface area contributed by atoms with E-state index < -0.39 is 5.43 Å². The SMILES string of the molecule is CCc1oncc1OC(=O)Cl. The van der Waals surface area contributed by atoms with Gasteiger partial charge in [0, 0.05) is 18.0 Å². The number of ether oxygens (including phenoxy) is 1. The second kappa shape index (κ2) is 3.39. The predicted octanol–water partition coefficient (Wildman–Crippen LogP) is 1.97. The van der Waals surface area contributed by atoms with Gasteiger partial charge in [0.2, 0.25) is 0 Å². The Morgan fingerprint density at radius 1 is 1.91 bits per heavy atom. The maximum Gasteiger partial charge on any atom is 0.409 e. The molecule has 4 nitrogen and oxygen atoms in total. The first-order valence-corrected chi connectivity index (χ1v) is 3.42. The van der Waals surface area contributed by atoms with Crippen LogP contribution in [0.4, 0.5) is 4.79 Å². The van der Waals surface area contributed by atoms with Crippen molar-refractivity contribution in [1.29, 1.82) is 0 Å². The highest BCUT2D eigenvalue weighted by molar-refractivity contribution is 6.61. The Morgan fingerprint density at radius 2 is 2.64 bits per heavy atom. The fourth-order valence-corrected chi connectivity index (χ4v) is 0.746. The molecule has 0 aliphatic carbocycles. The van der Waals surface area contributed by atoms with Crippen LogP contribution in [0.1, 0.15) is 12.7 Å². The van der Waals surface area contributed by atoms with Gasteiger partial charge in [0.25, 0.3) is 0 Å². The molecule has 60 valence electrons. The molecule has 0 radical (unpaired) electrons. The van der Waals surface area contributed by atoms with Crippen molar-refractivity contribution in [2.75, 3.05) is 0 Å². The minimum Gasteiger partial charge on any atom is -0.409 e. The summed E-state index contributed by atoms with van der Waals surface area (Å²) in [4.78, 5) is 10.3. The van der Waals surface area contributed by atoms with Crippen LogP contribution in [0.15, 0.2) is 10.7 Å². The van der Waals surface area contributed by atoms with Gasteiger partial charge in [0.15, 0.2) is 11.5 Å². The number of rotatable bonds is 2. The summed E-state index contributed by atoms with van der Waals surface area (Å²) in [7, 11) is 0. The van der Waals surface area contributed by atoms with E-state index in [9.17, 15) is 4.79 Å². The molecule has 0 N–H and O–H groups in total. The summed E-state index contributed by atoms with van der Waals surface area (Å²) in [6.45, 7) is 1.85. The average Bonchev–Trinajstić information content (AvgIpc) is 2.34. The molecule has 0 aliphatic heterocycles. The second-order valence-corrected chi connectivity index (χ2v) is 2.12. The molecule has 1 aromatic heterocycles. The summed E-state index contributed by atoms with van der Waals surface area (Å²) in [6, 6.07) is 0. The van der Waals surface area contributed by atoms with Crippen LogP contribution in [0, 0.1) is 0 Å². The highest BCUT2D eigenvalue weighted by atomic mass is 35.5. The van der Waals surface area contributed by atoms with E-state index >= 15 is 0 Å². The van der Waals surface area contributed by atoms with Gasteiger partial charge in [-0.2, -0.15) is 0 Å². The van der Waals surface area contributed by atoms with E-state index in [-0.39, 0.29) is 5.75 Å². The largest absolute Gasteiger partial charge is 0.409 e. The van der Waals surface area contributed by atoms with Crippen molar-refractivity contribution in [2.24, 2.45) is 0 Å². The first-order chi connectivity index (χ1) is 5.24. The van der Waals surface area contributed by atoms with E-state index in [1.54, 1.807) is 0 Å². The third-order valence-electron chi connectivity index (χ3n) is 1.12. The molecule has 0 bridgehead atoms. The standard InChI is InChI=1S/C6H6ClNO3/c1-2-4-5(3-8-11-4)10-6(7)9/h3H,2H2,1H3. The van der Waals surface area contributed by atoms with Gasteiger partial charge in [-0.05, 0) is 0 Å². The van der Waals surface area contributed by atoms with Crippen LogP contribution < -0.4 is 4.74 Å². The minimum atomic E-state index is -0.886. The Hall–Kier alpha value is -1.03. The van der Waals surface area contributed by atoms with E-state index in [2.05, 4.69) is 9.89 Å². The quantitative estimate of drug-likeness (QED) is 0.645. The molecule has 1 rings (SSSR count). The van der Waals surface area contributed by atoms with Crippen LogP contribution in [0.5, 0.6) is 5.75 Å². The Balaban J connectivity index is 2.76. The van der Waals surface area contributed by atoms with Crippen LogP contribution in [-0.4, -0.2) is 10.6 Å². The number of aromatic nitrogens is 1. The summed E-state index contributed by atoms with van der Waals surface area (Å²) >= 11 is 4.97. The molecule has 0 saturated heterocycles. The van der Waals surface area contributed by atoms with Crippen LogP contribution in [0.2, 0.25) is 0 Å². The lowest BCUT2D eigenvalue weighted by atomic mass is 10.3. The molecule has 11 heavy (non-hydrogen) atoms. The fourth-order valence-electron chi connectivity index (χ4n) is 0.663. The lowest BCUT2D eigenvalue weighted by Gasteiger charge is -1.94. The first-order valence-electron chi connectivity index (χ1n) is 3.05. The van der Waals surface area contributed by atoms with Crippen LogP contribution >= 0.6 is 11.6 Å². The molecular weight excluding hydrogens is 170 g/mol. The van der Waals surface area contributed by atoms with Gasteiger partial charge in [-0.1, -0.05) is 12.1 Å². The Labute approximate surface area is 68.1 Å². The normalized spacial score (nSPS) is 9.64. The van der Waals surface area contributed by atoms with Gasteiger partial charge >= 0.3 is 5.43 Å². The van der Waals surface area contributed by atoms with Gasteiger partial charge < -0.3 is 9.26 Å². The zero-order valence-corrected chi connectivity index (χ0v) is 6.59. The second-order valence-electron chi connectivity index (χ2n) is 1.81. The number of aryl methyl sites for hydroxylation is 1. The number of carbonyl (C=O) groups excluding carboxylic acids is 1. The zero-order valence-electron chi connectivity index (χ0n) is 5.83. The van der Waals surface area contributed by atoms with Crippen molar-refractivity contribution in [3.8, 4) is 5.75 Å². The van der Waals surface area contributed by atoms with Gasteiger partial charge in [-0.3, -0.25) is 0 Å². The molecule has 1 heterocycles. The van der Waals surface area contributed by atoms with Gasteiger partial charge in [-0.15, -0.1) is 0 Å². The highest BCUT2D eigenvalue weighted by Gasteiger charge is 2.09. The predicted molar refractivity (Wildman–Crippen MR) is 37.8 cm³/mol.